The number of pyridine rings is 2. The van der Waals surface area contributed by atoms with Crippen molar-refractivity contribution in [1.82, 2.24) is 9.97 Å². The van der Waals surface area contributed by atoms with Crippen LogP contribution in [0.3, 0.4) is 0 Å². The predicted octanol–water partition coefficient (Wildman–Crippen LogP) is 10.9. The minimum Gasteiger partial charge on any atom is -1.00 e. The van der Waals surface area contributed by atoms with Gasteiger partial charge in [0, 0.05) is 21.7 Å². The number of ether oxygens (including phenoxy) is 2. The third-order valence-electron chi connectivity index (χ3n) is 12.4. The van der Waals surface area contributed by atoms with Gasteiger partial charge in [-0.15, -0.1) is 0 Å². The number of aromatic nitrogens is 2. The summed E-state index contributed by atoms with van der Waals surface area (Å²) in [5, 5.41) is 6.61. The van der Waals surface area contributed by atoms with E-state index in [-0.39, 0.29) is 38.8 Å². The largest absolute Gasteiger partial charge is 1.00 e. The first-order valence-corrected chi connectivity index (χ1v) is 23.1. The number of carbonyl (C=O) groups is 2. The minimum atomic E-state index is -0.519. The zero-order chi connectivity index (χ0) is 47.3. The molecule has 9 rings (SSSR count). The van der Waals surface area contributed by atoms with Gasteiger partial charge in [0.15, 0.2) is 0 Å². The molecule has 3 heterocycles. The van der Waals surface area contributed by atoms with Crippen LogP contribution in [0.15, 0.2) is 133 Å². The van der Waals surface area contributed by atoms with E-state index in [1.165, 1.54) is 21.9 Å². The normalized spacial score (nSPS) is 13.8. The smallest absolute Gasteiger partial charge is 0.495 e. The van der Waals surface area contributed by atoms with Crippen LogP contribution in [0, 0.1) is 0 Å². The van der Waals surface area contributed by atoms with Crippen molar-refractivity contribution in [3.05, 3.63) is 161 Å². The average molecular weight is 1030 g/mol. The average Bonchev–Trinajstić information content (AvgIpc) is 3.53. The van der Waals surface area contributed by atoms with E-state index in [4.69, 9.17) is 35.4 Å². The standard InChI is InChI=1S/C25H23NO2.C19H23BO4.C12H12ClN.HI.2H/c1-4-28-25(27)21-12-6-9-17-8-5-11-20(24(17)21)23-15-14-19-18(16(2)3)10-7-13-22(19)26-23;1-6-22-17(21)14-11-7-9-13-10-8-12-15(16(13)14)20-23-18(2,3)19(4,5)24-20;1-8(2)9-4-3-5-11-10(9)6-7-12(13)14-11;;;/h5-16H,4H2,1-3H3;7-12H,6H2,1-5H3;3-8H,1-2H3;1H;;/q;;;;2*-1/p-1/i;;;;1+1;. The molecule has 0 unspecified atom stereocenters. The Bertz CT molecular complexity index is 3050. The van der Waals surface area contributed by atoms with E-state index in [0.717, 1.165) is 49.3 Å². The second-order valence-corrected chi connectivity index (χ2v) is 18.3. The molecule has 11 heteroatoms. The van der Waals surface area contributed by atoms with Crippen molar-refractivity contribution in [2.24, 2.45) is 0 Å². The van der Waals surface area contributed by atoms with Crippen LogP contribution in [0.1, 0.15) is 116 Å². The Morgan fingerprint density at radius 3 is 1.58 bits per heavy atom. The van der Waals surface area contributed by atoms with E-state index in [0.29, 0.717) is 41.3 Å². The molecule has 6 aromatic carbocycles. The molecule has 350 valence electrons. The summed E-state index contributed by atoms with van der Waals surface area (Å²) in [4.78, 5) is 34.1. The lowest BCUT2D eigenvalue weighted by Crippen LogP contribution is -3.00. The molecule has 0 spiro atoms. The molecular formula is C56H60BClIN2O6-3. The van der Waals surface area contributed by atoms with Crippen LogP contribution in [0.25, 0.3) is 54.6 Å². The quantitative estimate of drug-likeness (QED) is 0.0643. The summed E-state index contributed by atoms with van der Waals surface area (Å²) < 4.78 is 22.9. The molecule has 1 fully saturated rings. The number of benzene rings is 6. The highest BCUT2D eigenvalue weighted by Crippen LogP contribution is 2.38. The van der Waals surface area contributed by atoms with Crippen molar-refractivity contribution < 1.29 is 55.2 Å². The molecule has 1 aliphatic rings. The second-order valence-electron chi connectivity index (χ2n) is 18.0. The number of hydrogen-bond donors (Lipinski definition) is 0. The lowest BCUT2D eigenvalue weighted by Gasteiger charge is -2.32. The van der Waals surface area contributed by atoms with Gasteiger partial charge in [0.25, 0.3) is 0 Å². The van der Waals surface area contributed by atoms with Gasteiger partial charge in [-0.2, -0.15) is 0 Å². The summed E-state index contributed by atoms with van der Waals surface area (Å²) in [5.41, 5.74) is 7.47. The molecule has 0 N–H and O–H groups in total. The Hall–Kier alpha value is -5.40. The van der Waals surface area contributed by atoms with Crippen molar-refractivity contribution in [2.75, 3.05) is 13.2 Å². The molecular weight excluding hydrogens is 970 g/mol. The van der Waals surface area contributed by atoms with Crippen LogP contribution in [0.5, 0.6) is 0 Å². The van der Waals surface area contributed by atoms with Crippen LogP contribution < -0.4 is 29.4 Å². The number of halogens is 2. The van der Waals surface area contributed by atoms with Gasteiger partial charge >= 0.3 is 19.1 Å². The molecule has 0 atom stereocenters. The van der Waals surface area contributed by atoms with E-state index in [1.54, 1.807) is 13.0 Å². The van der Waals surface area contributed by atoms with Gasteiger partial charge in [0.1, 0.15) is 5.15 Å². The molecule has 0 radical (unpaired) electrons. The van der Waals surface area contributed by atoms with E-state index in [2.05, 4.69) is 56.9 Å². The van der Waals surface area contributed by atoms with Gasteiger partial charge in [0.2, 0.25) is 0 Å². The fraction of sp³-hybridized carbons (Fsp3) is 0.286. The Balaban J connectivity index is 0.000000231. The zero-order valence-electron chi connectivity index (χ0n) is 41.9. The molecule has 1 saturated heterocycles. The molecule has 8 nitrogen and oxygen atoms in total. The first-order chi connectivity index (χ1) is 31.5. The number of hydrogen-bond acceptors (Lipinski definition) is 8. The third-order valence-corrected chi connectivity index (χ3v) is 12.6. The highest BCUT2D eigenvalue weighted by atomic mass is 127. The summed E-state index contributed by atoms with van der Waals surface area (Å²) in [6.45, 7) is 21.1. The van der Waals surface area contributed by atoms with Crippen LogP contribution in [0.4, 0.5) is 0 Å². The Kier molecular flexibility index (Phi) is 16.5. The summed E-state index contributed by atoms with van der Waals surface area (Å²) in [7, 11) is -0.519. The van der Waals surface area contributed by atoms with Gasteiger partial charge in [-0.25, -0.2) is 19.6 Å². The highest BCUT2D eigenvalue weighted by molar-refractivity contribution is 6.65. The first kappa shape index (κ1) is 51.0. The van der Waals surface area contributed by atoms with Gasteiger partial charge in [-0.05, 0) is 129 Å². The van der Waals surface area contributed by atoms with E-state index < -0.39 is 18.3 Å². The number of nitrogens with zero attached hydrogens (tertiary/aromatic N) is 2. The SMILES string of the molecule is CC(C)c1cccc2nc(Cl)ccc12.CCOC(=O)c1cccc2cccc(-c3ccc4c(C(C)C)cccc4n3)c12.CCOC(=O)c1cccc2cccc(B3OC(C)(C)C(C)(C)O3)c12.[2H-].[H-].[I-]. The molecule has 67 heavy (non-hydrogen) atoms. The Labute approximate surface area is 419 Å². The van der Waals surface area contributed by atoms with Crippen LogP contribution in [0.2, 0.25) is 5.15 Å². The number of fused-ring (bicyclic) bond motifs is 4. The Morgan fingerprint density at radius 1 is 0.612 bits per heavy atom. The van der Waals surface area contributed by atoms with Crippen molar-refractivity contribution in [1.29, 1.82) is 0 Å². The zero-order valence-corrected chi connectivity index (χ0v) is 42.9. The van der Waals surface area contributed by atoms with Crippen LogP contribution >= 0.6 is 11.6 Å². The summed E-state index contributed by atoms with van der Waals surface area (Å²) in [6.07, 6.45) is 0. The maximum absolute atomic E-state index is 12.5. The highest BCUT2D eigenvalue weighted by Gasteiger charge is 2.52. The maximum atomic E-state index is 12.5. The molecule has 2 aromatic heterocycles. The molecule has 0 saturated carbocycles. The second kappa shape index (κ2) is 21.7. The number of rotatable bonds is 8. The summed E-state index contributed by atoms with van der Waals surface area (Å²) >= 11 is 5.84. The topological polar surface area (TPSA) is 96.8 Å². The molecule has 0 amide bonds. The van der Waals surface area contributed by atoms with Gasteiger partial charge in [-0.1, -0.05) is 130 Å². The van der Waals surface area contributed by atoms with E-state index in [1.807, 2.05) is 138 Å². The van der Waals surface area contributed by atoms with Gasteiger partial charge in [0.05, 0.1) is 52.3 Å². The monoisotopic (exact) mass is 1030 g/mol. The Morgan fingerprint density at radius 2 is 1.06 bits per heavy atom. The number of carbonyl (C=O) groups excluding carboxylic acids is 2. The van der Waals surface area contributed by atoms with E-state index in [9.17, 15) is 9.59 Å². The third kappa shape index (κ3) is 11.0. The molecule has 1 aliphatic heterocycles. The van der Waals surface area contributed by atoms with Crippen molar-refractivity contribution in [2.45, 2.75) is 92.3 Å². The van der Waals surface area contributed by atoms with E-state index >= 15 is 0 Å². The van der Waals surface area contributed by atoms with Crippen molar-refractivity contribution in [3.63, 3.8) is 0 Å². The first-order valence-electron chi connectivity index (χ1n) is 22.7. The molecule has 0 aliphatic carbocycles. The molecule has 0 bridgehead atoms. The lowest BCUT2D eigenvalue weighted by molar-refractivity contribution is -0.0000510. The van der Waals surface area contributed by atoms with Crippen molar-refractivity contribution >= 4 is 79.5 Å². The fourth-order valence-corrected chi connectivity index (χ4v) is 8.49. The number of esters is 2. The fourth-order valence-electron chi connectivity index (χ4n) is 8.34. The summed E-state index contributed by atoms with van der Waals surface area (Å²) in [6, 6.07) is 43.8. The van der Waals surface area contributed by atoms with Gasteiger partial charge < -0.3 is 45.6 Å². The predicted molar refractivity (Wildman–Crippen MR) is 273 cm³/mol. The minimum absolute atomic E-state index is 0. The van der Waals surface area contributed by atoms with Crippen molar-refractivity contribution in [3.8, 4) is 11.3 Å². The maximum Gasteiger partial charge on any atom is 0.495 e. The van der Waals surface area contributed by atoms with Crippen LogP contribution in [-0.4, -0.2) is 53.4 Å². The van der Waals surface area contributed by atoms with Crippen LogP contribution in [-0.2, 0) is 18.8 Å². The summed E-state index contributed by atoms with van der Waals surface area (Å²) in [5.74, 6) is 0.321. The van der Waals surface area contributed by atoms with Gasteiger partial charge in [-0.3, -0.25) is 0 Å². The molecule has 8 aromatic rings. The lowest BCUT2D eigenvalue weighted by atomic mass is 9.75.